The summed E-state index contributed by atoms with van der Waals surface area (Å²) in [5.41, 5.74) is -4.49. The third-order valence-electron chi connectivity index (χ3n) is 2.51. The van der Waals surface area contributed by atoms with E-state index in [1.165, 1.54) is 26.0 Å². The quantitative estimate of drug-likeness (QED) is 0.275. The van der Waals surface area contributed by atoms with Crippen molar-refractivity contribution in [2.75, 3.05) is 4.43 Å². The number of alkyl halides is 7. The van der Waals surface area contributed by atoms with Gasteiger partial charge in [0.05, 0.1) is 0 Å². The van der Waals surface area contributed by atoms with Crippen molar-refractivity contribution in [1.82, 2.24) is 0 Å². The third-order valence-corrected chi connectivity index (χ3v) is 10.6. The molecule has 0 atom stereocenters. The summed E-state index contributed by atoms with van der Waals surface area (Å²) in [5, 5.41) is 0. The molecule has 11 heteroatoms. The second kappa shape index (κ2) is 6.75. The van der Waals surface area contributed by atoms with Crippen LogP contribution in [0.4, 0.5) is 26.3 Å². The molecule has 0 fully saturated rings. The number of rotatable bonds is 4. The van der Waals surface area contributed by atoms with Crippen LogP contribution in [-0.4, -0.2) is 24.5 Å². The van der Waals surface area contributed by atoms with Crippen molar-refractivity contribution in [3.8, 4) is 0 Å². The average molecular weight is 478 g/mol. The van der Waals surface area contributed by atoms with Crippen LogP contribution in [0.1, 0.15) is 16.7 Å². The first-order chi connectivity index (χ1) is 10.1. The zero-order valence-electron chi connectivity index (χ0n) is 12.1. The Morgan fingerprint density at radius 1 is 1.00 bits per heavy atom. The van der Waals surface area contributed by atoms with Gasteiger partial charge < -0.3 is 0 Å². The molecule has 0 unspecified atom stereocenters. The molecule has 0 amide bonds. The molecule has 0 aliphatic heterocycles. The zero-order valence-corrected chi connectivity index (χ0v) is 15.1. The van der Waals surface area contributed by atoms with Gasteiger partial charge in [0.15, 0.2) is 0 Å². The van der Waals surface area contributed by atoms with Crippen molar-refractivity contribution >= 4 is 30.4 Å². The van der Waals surface area contributed by atoms with E-state index in [4.69, 9.17) is 0 Å². The van der Waals surface area contributed by atoms with E-state index in [-0.39, 0.29) is 14.7 Å². The van der Waals surface area contributed by atoms with Gasteiger partial charge >= 0.3 is 137 Å². The fourth-order valence-electron chi connectivity index (χ4n) is 1.89. The monoisotopic (exact) mass is 478 g/mol. The Kier molecular flexibility index (Phi) is 6.01. The van der Waals surface area contributed by atoms with E-state index in [0.717, 1.165) is 0 Å². The van der Waals surface area contributed by atoms with Crippen LogP contribution in [0.25, 0.3) is 0 Å². The summed E-state index contributed by atoms with van der Waals surface area (Å²) in [5.74, 6) is 0. The minimum absolute atomic E-state index is 0.0649. The molecule has 0 bridgehead atoms. The fraction of sp³-hybridized carbons (Fsp3) is 0.500. The van der Waals surface area contributed by atoms with Crippen LogP contribution in [0.5, 0.6) is 0 Å². The summed E-state index contributed by atoms with van der Waals surface area (Å²) < 4.78 is 99.9. The predicted molar refractivity (Wildman–Crippen MR) is 80.4 cm³/mol. The van der Waals surface area contributed by atoms with Crippen molar-refractivity contribution in [3.63, 3.8) is 0 Å². The molecule has 3 nitrogen and oxygen atoms in total. The number of aryl methyl sites for hydroxylation is 3. The zero-order chi connectivity index (χ0) is 18.2. The topological polar surface area (TPSA) is 43.4 Å². The van der Waals surface area contributed by atoms with Gasteiger partial charge in [0.1, 0.15) is 0 Å². The predicted octanol–water partition coefficient (Wildman–Crippen LogP) is 4.63. The minimum atomic E-state index is -6.09. The standard InChI is InChI=1S/C12H13F6IO3S/c1-7-4-8(2)10(9(3)5-7)19(6-11(13,14)15)22-23(20,21)12(16,17)18/h4-5H,6H2,1-3H3. The van der Waals surface area contributed by atoms with E-state index >= 15 is 0 Å². The van der Waals surface area contributed by atoms with E-state index < -0.39 is 46.5 Å². The van der Waals surface area contributed by atoms with E-state index in [2.05, 4.69) is 2.51 Å². The van der Waals surface area contributed by atoms with Gasteiger partial charge in [-0.3, -0.25) is 0 Å². The molecular formula is C12H13F6IO3S. The van der Waals surface area contributed by atoms with Crippen molar-refractivity contribution in [1.29, 1.82) is 0 Å². The molecule has 0 spiro atoms. The van der Waals surface area contributed by atoms with E-state index in [0.29, 0.717) is 5.56 Å². The first-order valence-electron chi connectivity index (χ1n) is 5.96. The van der Waals surface area contributed by atoms with Crippen LogP contribution >= 0.6 is 20.2 Å². The van der Waals surface area contributed by atoms with Gasteiger partial charge in [0, 0.05) is 0 Å². The molecule has 1 rings (SSSR count). The number of halogens is 7. The summed E-state index contributed by atoms with van der Waals surface area (Å²) in [4.78, 5) is 0. The Hall–Kier alpha value is -0.560. The van der Waals surface area contributed by atoms with Crippen molar-refractivity contribution < 1.29 is 37.3 Å². The first-order valence-corrected chi connectivity index (χ1v) is 10.9. The molecule has 1 aromatic carbocycles. The second-order valence-electron chi connectivity index (χ2n) is 4.74. The van der Waals surface area contributed by atoms with E-state index in [1.807, 2.05) is 0 Å². The fourth-order valence-corrected chi connectivity index (χ4v) is 8.89. The summed E-state index contributed by atoms with van der Waals surface area (Å²) >= 11 is -4.19. The van der Waals surface area contributed by atoms with Gasteiger partial charge in [-0.25, -0.2) is 0 Å². The van der Waals surface area contributed by atoms with Crippen molar-refractivity contribution in [2.45, 2.75) is 32.5 Å². The van der Waals surface area contributed by atoms with Crippen LogP contribution in [0, 0.1) is 24.3 Å². The van der Waals surface area contributed by atoms with E-state index in [1.54, 1.807) is 6.92 Å². The van der Waals surface area contributed by atoms with Gasteiger partial charge in [-0.2, -0.15) is 0 Å². The molecule has 0 N–H and O–H groups in total. The Labute approximate surface area is 137 Å². The molecule has 0 aliphatic rings. The Morgan fingerprint density at radius 2 is 1.43 bits per heavy atom. The molecular weight excluding hydrogens is 465 g/mol. The maximum absolute atomic E-state index is 12.7. The van der Waals surface area contributed by atoms with Crippen molar-refractivity contribution in [3.05, 3.63) is 32.4 Å². The van der Waals surface area contributed by atoms with Crippen LogP contribution in [0.2, 0.25) is 0 Å². The molecule has 1 aromatic rings. The van der Waals surface area contributed by atoms with Gasteiger partial charge in [0.2, 0.25) is 0 Å². The van der Waals surface area contributed by atoms with Crippen LogP contribution in [-0.2, 0) is 12.6 Å². The van der Waals surface area contributed by atoms with E-state index in [9.17, 15) is 34.8 Å². The number of hydrogen-bond acceptors (Lipinski definition) is 3. The van der Waals surface area contributed by atoms with Gasteiger partial charge in [0.25, 0.3) is 0 Å². The Balaban J connectivity index is 3.39. The first kappa shape index (κ1) is 20.5. The van der Waals surface area contributed by atoms with Gasteiger partial charge in [-0.1, -0.05) is 0 Å². The van der Waals surface area contributed by atoms with Crippen LogP contribution < -0.4 is 0 Å². The van der Waals surface area contributed by atoms with Crippen LogP contribution in [0.15, 0.2) is 12.1 Å². The van der Waals surface area contributed by atoms with Gasteiger partial charge in [-0.15, -0.1) is 0 Å². The van der Waals surface area contributed by atoms with Crippen molar-refractivity contribution in [2.24, 2.45) is 0 Å². The molecule has 0 heterocycles. The van der Waals surface area contributed by atoms with Gasteiger partial charge in [-0.05, 0) is 0 Å². The molecule has 0 radical (unpaired) electrons. The molecule has 0 saturated carbocycles. The second-order valence-corrected chi connectivity index (χ2v) is 11.0. The summed E-state index contributed by atoms with van der Waals surface area (Å²) in [6, 6.07) is 2.96. The SMILES string of the molecule is Cc1cc(C)c(I(CC(F)(F)F)OS(=O)(=O)C(F)(F)F)c(C)c1. The maximum atomic E-state index is 12.7. The summed E-state index contributed by atoms with van der Waals surface area (Å²) in [7, 11) is -6.09. The third kappa shape index (κ3) is 5.48. The molecule has 23 heavy (non-hydrogen) atoms. The normalized spacial score (nSPS) is 14.0. The molecule has 0 saturated heterocycles. The Bertz CT molecular complexity index is 658. The molecule has 134 valence electrons. The summed E-state index contributed by atoms with van der Waals surface area (Å²) in [6.45, 7) is 4.50. The average Bonchev–Trinajstić information content (AvgIpc) is 2.21. The number of benzene rings is 1. The molecule has 0 aliphatic carbocycles. The van der Waals surface area contributed by atoms with Crippen LogP contribution in [0.3, 0.4) is 0 Å². The summed E-state index contributed by atoms with van der Waals surface area (Å²) in [6.07, 6.45) is -4.84. The Morgan fingerprint density at radius 3 is 1.78 bits per heavy atom. The molecule has 0 aromatic heterocycles. The number of hydrogen-bond donors (Lipinski definition) is 0.